The molecule has 0 aromatic heterocycles. The van der Waals surface area contributed by atoms with Crippen molar-refractivity contribution in [3.05, 3.63) is 0 Å². The van der Waals surface area contributed by atoms with Crippen molar-refractivity contribution in [3.63, 3.8) is 0 Å². The molecule has 1 heterocycles. The second-order valence-corrected chi connectivity index (χ2v) is 3.49. The first kappa shape index (κ1) is 11.2. The lowest BCUT2D eigenvalue weighted by Crippen LogP contribution is -2.39. The van der Waals surface area contributed by atoms with Crippen LogP contribution in [0.1, 0.15) is 39.5 Å². The predicted molar refractivity (Wildman–Crippen MR) is 52.4 cm³/mol. The van der Waals surface area contributed by atoms with Crippen LogP contribution < -0.4 is 5.32 Å². The molecule has 1 rings (SSSR count). The van der Waals surface area contributed by atoms with Crippen LogP contribution >= 0.6 is 12.4 Å². The zero-order valence-electron chi connectivity index (χ0n) is 7.65. The number of piperidine rings is 1. The van der Waals surface area contributed by atoms with E-state index in [1.54, 1.807) is 0 Å². The van der Waals surface area contributed by atoms with Crippen LogP contribution in [0.15, 0.2) is 0 Å². The van der Waals surface area contributed by atoms with Gasteiger partial charge in [-0.1, -0.05) is 13.8 Å². The Morgan fingerprint density at radius 2 is 1.91 bits per heavy atom. The maximum Gasteiger partial charge on any atom is 0.000761 e. The lowest BCUT2D eigenvalue weighted by atomic mass is 9.76. The number of rotatable bonds is 2. The molecule has 0 radical (unpaired) electrons. The van der Waals surface area contributed by atoms with E-state index in [9.17, 15) is 0 Å². The van der Waals surface area contributed by atoms with Crippen molar-refractivity contribution < 1.29 is 0 Å². The van der Waals surface area contributed by atoms with Gasteiger partial charge in [0.2, 0.25) is 0 Å². The van der Waals surface area contributed by atoms with E-state index in [2.05, 4.69) is 19.2 Å². The summed E-state index contributed by atoms with van der Waals surface area (Å²) in [6.07, 6.45) is 5.50. The molecule has 0 atom stereocenters. The minimum atomic E-state index is 0. The van der Waals surface area contributed by atoms with E-state index >= 15 is 0 Å². The molecule has 0 spiro atoms. The normalized spacial score (nSPS) is 22.4. The van der Waals surface area contributed by atoms with Crippen LogP contribution in [0.5, 0.6) is 0 Å². The minimum absolute atomic E-state index is 0. The summed E-state index contributed by atoms with van der Waals surface area (Å²) >= 11 is 0. The standard InChI is InChI=1S/C9H19N.ClH/c1-3-9(4-2)6-5-7-10-8-9;/h10H,3-8H2,1-2H3;1H. The summed E-state index contributed by atoms with van der Waals surface area (Å²) in [5, 5.41) is 3.48. The molecule has 1 saturated heterocycles. The van der Waals surface area contributed by atoms with Crippen molar-refractivity contribution in [3.8, 4) is 0 Å². The molecule has 68 valence electrons. The fourth-order valence-electron chi connectivity index (χ4n) is 1.88. The van der Waals surface area contributed by atoms with Crippen LogP contribution in [-0.4, -0.2) is 13.1 Å². The maximum absolute atomic E-state index is 3.48. The van der Waals surface area contributed by atoms with Gasteiger partial charge in [0.05, 0.1) is 0 Å². The number of hydrogen-bond donors (Lipinski definition) is 1. The van der Waals surface area contributed by atoms with Crippen molar-refractivity contribution in [2.75, 3.05) is 13.1 Å². The van der Waals surface area contributed by atoms with E-state index in [4.69, 9.17) is 0 Å². The van der Waals surface area contributed by atoms with Gasteiger partial charge in [-0.3, -0.25) is 0 Å². The third-order valence-corrected chi connectivity index (χ3v) is 3.06. The fraction of sp³-hybridized carbons (Fsp3) is 1.00. The topological polar surface area (TPSA) is 12.0 Å². The summed E-state index contributed by atoms with van der Waals surface area (Å²) in [4.78, 5) is 0. The van der Waals surface area contributed by atoms with E-state index in [-0.39, 0.29) is 12.4 Å². The molecule has 1 N–H and O–H groups in total. The summed E-state index contributed by atoms with van der Waals surface area (Å²) < 4.78 is 0. The molecular weight excluding hydrogens is 158 g/mol. The molecule has 0 saturated carbocycles. The van der Waals surface area contributed by atoms with E-state index in [0.29, 0.717) is 5.41 Å². The van der Waals surface area contributed by atoms with Gasteiger partial charge < -0.3 is 5.32 Å². The molecule has 0 aromatic rings. The van der Waals surface area contributed by atoms with Gasteiger partial charge in [-0.05, 0) is 37.6 Å². The average Bonchev–Trinajstić information content (AvgIpc) is 2.06. The Balaban J connectivity index is 0.000001000. The Kier molecular flexibility index (Phi) is 5.11. The highest BCUT2D eigenvalue weighted by atomic mass is 35.5. The smallest absolute Gasteiger partial charge is 0.000761 e. The van der Waals surface area contributed by atoms with E-state index < -0.39 is 0 Å². The second-order valence-electron chi connectivity index (χ2n) is 3.49. The summed E-state index contributed by atoms with van der Waals surface area (Å²) in [5.41, 5.74) is 0.651. The van der Waals surface area contributed by atoms with Gasteiger partial charge in [0.25, 0.3) is 0 Å². The quantitative estimate of drug-likeness (QED) is 0.684. The molecule has 11 heavy (non-hydrogen) atoms. The van der Waals surface area contributed by atoms with E-state index in [1.165, 1.54) is 38.8 Å². The first-order valence-electron chi connectivity index (χ1n) is 4.54. The van der Waals surface area contributed by atoms with Crippen molar-refractivity contribution in [1.82, 2.24) is 5.32 Å². The highest BCUT2D eigenvalue weighted by molar-refractivity contribution is 5.85. The first-order valence-corrected chi connectivity index (χ1v) is 4.54. The molecule has 0 unspecified atom stereocenters. The van der Waals surface area contributed by atoms with Crippen LogP contribution in [-0.2, 0) is 0 Å². The lowest BCUT2D eigenvalue weighted by Gasteiger charge is -2.35. The number of halogens is 1. The lowest BCUT2D eigenvalue weighted by molar-refractivity contribution is 0.192. The average molecular weight is 178 g/mol. The Labute approximate surface area is 76.4 Å². The van der Waals surface area contributed by atoms with Crippen LogP contribution in [0, 0.1) is 5.41 Å². The van der Waals surface area contributed by atoms with Gasteiger partial charge in [0.15, 0.2) is 0 Å². The van der Waals surface area contributed by atoms with Crippen molar-refractivity contribution in [2.45, 2.75) is 39.5 Å². The summed E-state index contributed by atoms with van der Waals surface area (Å²) in [6, 6.07) is 0. The predicted octanol–water partition coefficient (Wildman–Crippen LogP) is 2.60. The maximum atomic E-state index is 3.48. The summed E-state index contributed by atoms with van der Waals surface area (Å²) in [7, 11) is 0. The van der Waals surface area contributed by atoms with Gasteiger partial charge in [0, 0.05) is 6.54 Å². The monoisotopic (exact) mass is 177 g/mol. The number of hydrogen-bond acceptors (Lipinski definition) is 1. The van der Waals surface area contributed by atoms with Crippen LogP contribution in [0.25, 0.3) is 0 Å². The van der Waals surface area contributed by atoms with Gasteiger partial charge in [-0.25, -0.2) is 0 Å². The van der Waals surface area contributed by atoms with Crippen molar-refractivity contribution in [2.24, 2.45) is 5.41 Å². The molecular formula is C9H20ClN. The molecule has 1 aliphatic rings. The second kappa shape index (κ2) is 5.00. The van der Waals surface area contributed by atoms with Crippen LogP contribution in [0.2, 0.25) is 0 Å². The van der Waals surface area contributed by atoms with Gasteiger partial charge in [-0.2, -0.15) is 0 Å². The van der Waals surface area contributed by atoms with E-state index in [0.717, 1.165) is 0 Å². The highest BCUT2D eigenvalue weighted by Gasteiger charge is 2.27. The molecule has 1 aliphatic heterocycles. The van der Waals surface area contributed by atoms with Crippen molar-refractivity contribution in [1.29, 1.82) is 0 Å². The summed E-state index contributed by atoms with van der Waals surface area (Å²) in [5.74, 6) is 0. The molecule has 1 fully saturated rings. The van der Waals surface area contributed by atoms with Crippen molar-refractivity contribution >= 4 is 12.4 Å². The molecule has 2 heteroatoms. The molecule has 1 nitrogen and oxygen atoms in total. The Morgan fingerprint density at radius 1 is 1.27 bits per heavy atom. The zero-order valence-corrected chi connectivity index (χ0v) is 8.47. The molecule has 0 aliphatic carbocycles. The van der Waals surface area contributed by atoms with Crippen LogP contribution in [0.3, 0.4) is 0 Å². The van der Waals surface area contributed by atoms with Gasteiger partial charge in [-0.15, -0.1) is 12.4 Å². The SMILES string of the molecule is CCC1(CC)CCCNC1.Cl. The third kappa shape index (κ3) is 2.64. The third-order valence-electron chi connectivity index (χ3n) is 3.06. The van der Waals surface area contributed by atoms with Crippen LogP contribution in [0.4, 0.5) is 0 Å². The highest BCUT2D eigenvalue weighted by Crippen LogP contribution is 2.32. The molecule has 0 aromatic carbocycles. The number of nitrogens with one attached hydrogen (secondary N) is 1. The molecule has 0 bridgehead atoms. The minimum Gasteiger partial charge on any atom is -0.316 e. The zero-order chi connectivity index (χ0) is 7.45. The van der Waals surface area contributed by atoms with E-state index in [1.807, 2.05) is 0 Å². The Morgan fingerprint density at radius 3 is 2.18 bits per heavy atom. The van der Waals surface area contributed by atoms with Gasteiger partial charge >= 0.3 is 0 Å². The Hall–Kier alpha value is 0.250. The Bertz CT molecular complexity index is 91.7. The summed E-state index contributed by atoms with van der Waals surface area (Å²) in [6.45, 7) is 7.12. The van der Waals surface area contributed by atoms with Gasteiger partial charge in [0.1, 0.15) is 0 Å². The largest absolute Gasteiger partial charge is 0.316 e. The first-order chi connectivity index (χ1) is 4.83. The fourth-order valence-corrected chi connectivity index (χ4v) is 1.88. The molecule has 0 amide bonds.